The van der Waals surface area contributed by atoms with E-state index in [-0.39, 0.29) is 28.8 Å². The number of anilines is 2. The van der Waals surface area contributed by atoms with E-state index in [0.29, 0.717) is 11.2 Å². The van der Waals surface area contributed by atoms with Crippen molar-refractivity contribution in [3.63, 3.8) is 0 Å². The zero-order valence-corrected chi connectivity index (χ0v) is 19.8. The van der Waals surface area contributed by atoms with Crippen molar-refractivity contribution in [3.05, 3.63) is 104 Å². The van der Waals surface area contributed by atoms with E-state index >= 15 is 0 Å². The number of halogens is 3. The SMILES string of the molecule is Cc1cncc(-n2c(=O)nc(Nc3cc4cn(C)nc4cc3Cl)n(Cc3ccc(F)c(F)c3)c2=O)c1. The highest BCUT2D eigenvalue weighted by atomic mass is 35.5. The Balaban J connectivity index is 1.68. The molecule has 9 nitrogen and oxygen atoms in total. The van der Waals surface area contributed by atoms with E-state index < -0.39 is 23.0 Å². The fourth-order valence-electron chi connectivity index (χ4n) is 3.82. The number of fused-ring (bicyclic) bond motifs is 1. The second-order valence-electron chi connectivity index (χ2n) is 8.21. The zero-order valence-electron chi connectivity index (χ0n) is 19.0. The molecule has 2 aromatic carbocycles. The molecule has 5 rings (SSSR count). The number of benzene rings is 2. The summed E-state index contributed by atoms with van der Waals surface area (Å²) in [6.45, 7) is 1.55. The summed E-state index contributed by atoms with van der Waals surface area (Å²) in [5.41, 5.74) is 0.646. The molecule has 0 saturated heterocycles. The highest BCUT2D eigenvalue weighted by molar-refractivity contribution is 6.34. The number of aryl methyl sites for hydroxylation is 2. The van der Waals surface area contributed by atoms with Crippen molar-refractivity contribution in [1.82, 2.24) is 28.9 Å². The Hall–Kier alpha value is -4.38. The Morgan fingerprint density at radius 3 is 2.61 bits per heavy atom. The van der Waals surface area contributed by atoms with Gasteiger partial charge in [0.25, 0.3) is 0 Å². The van der Waals surface area contributed by atoms with Gasteiger partial charge in [0.15, 0.2) is 11.6 Å². The fraction of sp³-hybridized carbons (Fsp3) is 0.125. The Morgan fingerprint density at radius 2 is 1.86 bits per heavy atom. The number of hydrogen-bond donors (Lipinski definition) is 1. The van der Waals surface area contributed by atoms with Gasteiger partial charge < -0.3 is 5.32 Å². The normalized spacial score (nSPS) is 11.2. The number of nitrogens with zero attached hydrogens (tertiary/aromatic N) is 6. The van der Waals surface area contributed by atoms with Gasteiger partial charge in [-0.3, -0.25) is 14.2 Å². The van der Waals surface area contributed by atoms with Crippen LogP contribution in [0.5, 0.6) is 0 Å². The van der Waals surface area contributed by atoms with Gasteiger partial charge in [-0.1, -0.05) is 17.7 Å². The molecule has 0 bridgehead atoms. The maximum atomic E-state index is 13.9. The standard InChI is InChI=1S/C24H18ClF2N7O2/c1-13-5-16(10-28-9-13)34-23(35)30-22(29-21-7-15-12-32(2)31-20(15)8-17(21)25)33(24(34)36)11-14-3-4-18(26)19(27)6-14/h3-10,12H,11H2,1-2H3,(H,29,30,35). The van der Waals surface area contributed by atoms with E-state index in [2.05, 4.69) is 20.4 Å². The molecular weight excluding hydrogens is 492 g/mol. The van der Waals surface area contributed by atoms with Gasteiger partial charge >= 0.3 is 11.4 Å². The second-order valence-corrected chi connectivity index (χ2v) is 8.62. The molecule has 12 heteroatoms. The third-order valence-corrected chi connectivity index (χ3v) is 5.78. The van der Waals surface area contributed by atoms with E-state index in [0.717, 1.165) is 32.2 Å². The summed E-state index contributed by atoms with van der Waals surface area (Å²) in [6, 6.07) is 8.23. The quantitative estimate of drug-likeness (QED) is 0.388. The van der Waals surface area contributed by atoms with E-state index in [4.69, 9.17) is 11.6 Å². The molecule has 0 atom stereocenters. The molecule has 3 heterocycles. The minimum atomic E-state index is -1.07. The summed E-state index contributed by atoms with van der Waals surface area (Å²) < 4.78 is 31.0. The summed E-state index contributed by atoms with van der Waals surface area (Å²) in [5.74, 6) is -2.21. The van der Waals surface area contributed by atoms with Crippen LogP contribution < -0.4 is 16.7 Å². The van der Waals surface area contributed by atoms with Crippen molar-refractivity contribution in [2.45, 2.75) is 13.5 Å². The molecule has 0 unspecified atom stereocenters. The summed E-state index contributed by atoms with van der Waals surface area (Å²) >= 11 is 6.43. The highest BCUT2D eigenvalue weighted by Gasteiger charge is 2.18. The van der Waals surface area contributed by atoms with Gasteiger partial charge in [0.05, 0.1) is 34.7 Å². The Kier molecular flexibility index (Phi) is 5.84. The van der Waals surface area contributed by atoms with Crippen molar-refractivity contribution in [2.24, 2.45) is 7.05 Å². The molecule has 0 fully saturated rings. The van der Waals surface area contributed by atoms with Crippen LogP contribution in [0.15, 0.2) is 64.6 Å². The van der Waals surface area contributed by atoms with Crippen LogP contribution >= 0.6 is 11.6 Å². The molecule has 0 aliphatic rings. The van der Waals surface area contributed by atoms with Crippen molar-refractivity contribution in [1.29, 1.82) is 0 Å². The van der Waals surface area contributed by atoms with Crippen LogP contribution in [0.25, 0.3) is 16.6 Å². The lowest BCUT2D eigenvalue weighted by molar-refractivity contribution is 0.506. The van der Waals surface area contributed by atoms with Crippen LogP contribution in [-0.4, -0.2) is 28.9 Å². The van der Waals surface area contributed by atoms with Crippen LogP contribution in [0.4, 0.5) is 20.4 Å². The van der Waals surface area contributed by atoms with E-state index in [1.54, 1.807) is 49.2 Å². The molecule has 0 amide bonds. The van der Waals surface area contributed by atoms with Crippen LogP contribution in [0.2, 0.25) is 5.02 Å². The predicted molar refractivity (Wildman–Crippen MR) is 131 cm³/mol. The van der Waals surface area contributed by atoms with Crippen molar-refractivity contribution in [3.8, 4) is 5.69 Å². The molecule has 36 heavy (non-hydrogen) atoms. The lowest BCUT2D eigenvalue weighted by atomic mass is 10.2. The van der Waals surface area contributed by atoms with Gasteiger partial charge in [0.1, 0.15) is 0 Å². The van der Waals surface area contributed by atoms with Crippen molar-refractivity contribution < 1.29 is 8.78 Å². The second kappa shape index (κ2) is 9.00. The number of hydrogen-bond acceptors (Lipinski definition) is 6. The first-order chi connectivity index (χ1) is 17.2. The van der Waals surface area contributed by atoms with Gasteiger partial charge in [0.2, 0.25) is 5.95 Å². The summed E-state index contributed by atoms with van der Waals surface area (Å²) in [5, 5.41) is 8.29. The average Bonchev–Trinajstić information content (AvgIpc) is 3.17. The van der Waals surface area contributed by atoms with Crippen LogP contribution in [0.1, 0.15) is 11.1 Å². The van der Waals surface area contributed by atoms with E-state index in [1.165, 1.54) is 12.3 Å². The molecule has 3 aromatic heterocycles. The summed E-state index contributed by atoms with van der Waals surface area (Å²) in [7, 11) is 1.77. The number of pyridine rings is 1. The van der Waals surface area contributed by atoms with Gasteiger partial charge in [-0.05, 0) is 48.4 Å². The fourth-order valence-corrected chi connectivity index (χ4v) is 4.03. The maximum absolute atomic E-state index is 13.9. The van der Waals surface area contributed by atoms with Crippen LogP contribution in [-0.2, 0) is 13.6 Å². The first-order valence-corrected chi connectivity index (χ1v) is 11.1. The van der Waals surface area contributed by atoms with Gasteiger partial charge in [-0.2, -0.15) is 10.1 Å². The van der Waals surface area contributed by atoms with E-state index in [1.807, 2.05) is 0 Å². The molecule has 0 aliphatic carbocycles. The Morgan fingerprint density at radius 1 is 1.06 bits per heavy atom. The maximum Gasteiger partial charge on any atom is 0.359 e. The largest absolute Gasteiger partial charge is 0.359 e. The van der Waals surface area contributed by atoms with Gasteiger partial charge in [-0.15, -0.1) is 0 Å². The molecule has 182 valence electrons. The number of rotatable bonds is 5. The first kappa shape index (κ1) is 23.4. The van der Waals surface area contributed by atoms with Crippen molar-refractivity contribution in [2.75, 3.05) is 5.32 Å². The molecule has 0 spiro atoms. The predicted octanol–water partition coefficient (Wildman–Crippen LogP) is 3.71. The van der Waals surface area contributed by atoms with Crippen LogP contribution in [0, 0.1) is 18.6 Å². The third kappa shape index (κ3) is 4.36. The first-order valence-electron chi connectivity index (χ1n) is 10.7. The molecule has 0 radical (unpaired) electrons. The van der Waals surface area contributed by atoms with E-state index in [9.17, 15) is 18.4 Å². The minimum absolute atomic E-state index is 0.128. The van der Waals surface area contributed by atoms with Crippen LogP contribution in [0.3, 0.4) is 0 Å². The zero-order chi connectivity index (χ0) is 25.6. The third-order valence-electron chi connectivity index (χ3n) is 5.47. The average molecular weight is 510 g/mol. The topological polar surface area (TPSA) is 99.6 Å². The number of aromatic nitrogens is 6. The smallest absolute Gasteiger partial charge is 0.324 e. The lowest BCUT2D eigenvalue weighted by Gasteiger charge is -2.16. The summed E-state index contributed by atoms with van der Waals surface area (Å²) in [4.78, 5) is 34.7. The molecule has 0 saturated carbocycles. The molecule has 0 aliphatic heterocycles. The minimum Gasteiger partial charge on any atom is -0.324 e. The molecule has 1 N–H and O–H groups in total. The van der Waals surface area contributed by atoms with Gasteiger partial charge in [0, 0.05) is 24.8 Å². The number of nitrogens with one attached hydrogen (secondary N) is 1. The lowest BCUT2D eigenvalue weighted by Crippen LogP contribution is -2.41. The highest BCUT2D eigenvalue weighted by Crippen LogP contribution is 2.29. The summed E-state index contributed by atoms with van der Waals surface area (Å²) in [6.07, 6.45) is 4.72. The monoisotopic (exact) mass is 509 g/mol. The Bertz CT molecular complexity index is 1760. The van der Waals surface area contributed by atoms with Crippen molar-refractivity contribution >= 4 is 34.1 Å². The Labute approximate surface area is 207 Å². The van der Waals surface area contributed by atoms with Gasteiger partial charge in [-0.25, -0.2) is 22.9 Å². The molecular formula is C24H18ClF2N7O2. The molecule has 5 aromatic rings.